The summed E-state index contributed by atoms with van der Waals surface area (Å²) >= 11 is 0. The van der Waals surface area contributed by atoms with Crippen molar-refractivity contribution in [2.75, 3.05) is 12.3 Å². The van der Waals surface area contributed by atoms with Gasteiger partial charge < -0.3 is 24.5 Å². The van der Waals surface area contributed by atoms with Crippen molar-refractivity contribution in [3.05, 3.63) is 22.7 Å². The first-order chi connectivity index (χ1) is 17.0. The molecule has 0 radical (unpaired) electrons. The predicted molar refractivity (Wildman–Crippen MR) is 134 cm³/mol. The normalized spacial score (nSPS) is 16.2. The van der Waals surface area contributed by atoms with E-state index in [1.807, 2.05) is 0 Å². The highest BCUT2D eigenvalue weighted by Gasteiger charge is 2.39. The number of hydrogen-bond acceptors (Lipinski definition) is 10. The van der Waals surface area contributed by atoms with Gasteiger partial charge in [-0.2, -0.15) is 4.98 Å². The highest BCUT2D eigenvalue weighted by Crippen LogP contribution is 2.41. The van der Waals surface area contributed by atoms with Crippen LogP contribution in [0.2, 0.25) is 0 Å². The third kappa shape index (κ3) is 10.9. The molecule has 0 saturated heterocycles. The van der Waals surface area contributed by atoms with Crippen molar-refractivity contribution in [1.82, 2.24) is 19.7 Å². The van der Waals surface area contributed by atoms with E-state index < -0.39 is 68.3 Å². The molecule has 0 fully saturated rings. The van der Waals surface area contributed by atoms with Gasteiger partial charge in [0.1, 0.15) is 30.7 Å². The second-order valence-electron chi connectivity index (χ2n) is 8.99. The van der Waals surface area contributed by atoms with Crippen molar-refractivity contribution in [1.29, 1.82) is 0 Å². The Balaban J connectivity index is 3.11. The van der Waals surface area contributed by atoms with Crippen molar-refractivity contribution in [2.45, 2.75) is 98.2 Å². The standard InChI is InChI=1S/C22H39FN5O8P/c1-9-22(23,36-17(8)28-11-10-18(24)25-21(28)31)12-33-37(32,26-15(6)19(29)34-13(2)3)27-16(7)20(30)35-14(4)5/h10-11,13-17H,9,12H2,1-8H3,(H2,24,25,31)(H2,26,27,32)/t15-,16-,17+,22-/m0/s1. The van der Waals surface area contributed by atoms with E-state index in [4.69, 9.17) is 24.5 Å². The van der Waals surface area contributed by atoms with Crippen molar-refractivity contribution in [3.63, 3.8) is 0 Å². The Bertz CT molecular complexity index is 989. The lowest BCUT2D eigenvalue weighted by Crippen LogP contribution is -2.44. The first-order valence-corrected chi connectivity index (χ1v) is 13.6. The number of carbonyl (C=O) groups is 2. The van der Waals surface area contributed by atoms with Crippen LogP contribution in [0.25, 0.3) is 0 Å². The lowest BCUT2D eigenvalue weighted by Gasteiger charge is -2.31. The molecule has 0 spiro atoms. The monoisotopic (exact) mass is 551 g/mol. The number of carbonyl (C=O) groups excluding carboxylic acids is 2. The minimum absolute atomic E-state index is 0.00731. The Morgan fingerprint density at radius 2 is 1.57 bits per heavy atom. The molecule has 212 valence electrons. The summed E-state index contributed by atoms with van der Waals surface area (Å²) in [5, 5.41) is 4.95. The van der Waals surface area contributed by atoms with Crippen molar-refractivity contribution >= 4 is 25.4 Å². The summed E-state index contributed by atoms with van der Waals surface area (Å²) < 4.78 is 51.4. The number of halogens is 1. The van der Waals surface area contributed by atoms with E-state index in [2.05, 4.69) is 15.2 Å². The second-order valence-corrected chi connectivity index (χ2v) is 10.9. The Hall–Kier alpha value is -2.38. The summed E-state index contributed by atoms with van der Waals surface area (Å²) in [4.78, 5) is 40.2. The van der Waals surface area contributed by atoms with E-state index in [-0.39, 0.29) is 12.2 Å². The van der Waals surface area contributed by atoms with Gasteiger partial charge in [-0.15, -0.1) is 0 Å². The molecular weight excluding hydrogens is 512 g/mol. The Morgan fingerprint density at radius 3 is 1.97 bits per heavy atom. The molecule has 15 heteroatoms. The van der Waals surface area contributed by atoms with Crippen LogP contribution in [0.3, 0.4) is 0 Å². The van der Waals surface area contributed by atoms with Crippen LogP contribution >= 0.6 is 7.67 Å². The average molecular weight is 552 g/mol. The van der Waals surface area contributed by atoms with Crippen LogP contribution in [0.15, 0.2) is 17.1 Å². The fourth-order valence-corrected chi connectivity index (χ4v) is 4.70. The molecule has 13 nitrogen and oxygen atoms in total. The summed E-state index contributed by atoms with van der Waals surface area (Å²) in [6.07, 6.45) is -0.974. The van der Waals surface area contributed by atoms with E-state index in [1.165, 1.54) is 40.0 Å². The zero-order valence-electron chi connectivity index (χ0n) is 22.5. The van der Waals surface area contributed by atoms with E-state index in [9.17, 15) is 18.9 Å². The molecule has 0 unspecified atom stereocenters. The number of hydrogen-bond donors (Lipinski definition) is 3. The van der Waals surface area contributed by atoms with Crippen LogP contribution in [-0.2, 0) is 32.9 Å². The quantitative estimate of drug-likeness (QED) is 0.215. The molecule has 4 N–H and O–H groups in total. The highest BCUT2D eigenvalue weighted by atomic mass is 31.2. The average Bonchev–Trinajstić information content (AvgIpc) is 2.76. The molecule has 1 rings (SSSR count). The predicted octanol–water partition coefficient (Wildman–Crippen LogP) is 2.42. The molecule has 1 heterocycles. The first kappa shape index (κ1) is 32.6. The van der Waals surface area contributed by atoms with Gasteiger partial charge in [0.15, 0.2) is 0 Å². The van der Waals surface area contributed by atoms with E-state index in [1.54, 1.807) is 27.7 Å². The molecule has 0 aliphatic rings. The number of nitrogens with one attached hydrogen (secondary N) is 2. The lowest BCUT2D eigenvalue weighted by molar-refractivity contribution is -0.213. The van der Waals surface area contributed by atoms with Crippen LogP contribution in [-0.4, -0.2) is 58.2 Å². The minimum Gasteiger partial charge on any atom is -0.462 e. The summed E-state index contributed by atoms with van der Waals surface area (Å²) in [5.41, 5.74) is 4.73. The highest BCUT2D eigenvalue weighted by molar-refractivity contribution is 7.54. The van der Waals surface area contributed by atoms with E-state index in [0.29, 0.717) is 0 Å². The number of ether oxygens (including phenoxy) is 3. The van der Waals surface area contributed by atoms with Crippen LogP contribution in [0.4, 0.5) is 10.2 Å². The largest absolute Gasteiger partial charge is 0.462 e. The summed E-state index contributed by atoms with van der Waals surface area (Å²) in [7, 11) is -4.29. The molecule has 0 saturated carbocycles. The molecule has 4 atom stereocenters. The van der Waals surface area contributed by atoms with Crippen molar-refractivity contribution in [2.24, 2.45) is 0 Å². The molecule has 0 aromatic carbocycles. The summed E-state index contributed by atoms with van der Waals surface area (Å²) in [6, 6.07) is -0.950. The number of aromatic nitrogens is 2. The maximum absolute atomic E-state index is 15.7. The smallest absolute Gasteiger partial charge is 0.351 e. The van der Waals surface area contributed by atoms with Crippen molar-refractivity contribution in [3.8, 4) is 0 Å². The van der Waals surface area contributed by atoms with Gasteiger partial charge in [0, 0.05) is 12.6 Å². The molecule has 0 aliphatic carbocycles. The van der Waals surface area contributed by atoms with Gasteiger partial charge in [-0.25, -0.2) is 19.4 Å². The molecule has 1 aromatic heterocycles. The molecule has 37 heavy (non-hydrogen) atoms. The Morgan fingerprint density at radius 1 is 1.08 bits per heavy atom. The van der Waals surface area contributed by atoms with Crippen LogP contribution in [0.5, 0.6) is 0 Å². The van der Waals surface area contributed by atoms with Crippen LogP contribution in [0.1, 0.15) is 68.0 Å². The maximum Gasteiger partial charge on any atom is 0.351 e. The fraction of sp³-hybridized carbons (Fsp3) is 0.727. The summed E-state index contributed by atoms with van der Waals surface area (Å²) in [6.45, 7) is 11.3. The molecule has 0 aliphatic heterocycles. The zero-order chi connectivity index (χ0) is 28.6. The van der Waals surface area contributed by atoms with E-state index >= 15 is 4.39 Å². The van der Waals surface area contributed by atoms with Gasteiger partial charge in [-0.1, -0.05) is 6.92 Å². The number of alkyl halides is 1. The van der Waals surface area contributed by atoms with Gasteiger partial charge in [-0.05, 0) is 54.5 Å². The first-order valence-electron chi connectivity index (χ1n) is 11.9. The van der Waals surface area contributed by atoms with Gasteiger partial charge in [0.25, 0.3) is 0 Å². The Kier molecular flexibility index (Phi) is 12.3. The van der Waals surface area contributed by atoms with Crippen LogP contribution in [0, 0.1) is 0 Å². The summed E-state index contributed by atoms with van der Waals surface area (Å²) in [5.74, 6) is -4.00. The number of nitrogen functional groups attached to an aromatic ring is 1. The molecule has 0 amide bonds. The maximum atomic E-state index is 15.7. The fourth-order valence-electron chi connectivity index (χ4n) is 2.87. The van der Waals surface area contributed by atoms with Gasteiger partial charge >= 0.3 is 25.3 Å². The molecule has 1 aromatic rings. The third-order valence-electron chi connectivity index (χ3n) is 4.75. The van der Waals surface area contributed by atoms with Gasteiger partial charge in [-0.3, -0.25) is 18.7 Å². The number of nitrogens with zero attached hydrogens (tertiary/aromatic N) is 2. The topological polar surface area (TPSA) is 173 Å². The van der Waals surface area contributed by atoms with E-state index in [0.717, 1.165) is 4.57 Å². The lowest BCUT2D eigenvalue weighted by atomic mass is 10.2. The zero-order valence-corrected chi connectivity index (χ0v) is 23.4. The molecular formula is C22H39FN5O8P. The number of rotatable bonds is 15. The second kappa shape index (κ2) is 14.0. The number of esters is 2. The third-order valence-corrected chi connectivity index (χ3v) is 6.70. The van der Waals surface area contributed by atoms with Crippen LogP contribution < -0.4 is 21.6 Å². The van der Waals surface area contributed by atoms with Crippen molar-refractivity contribution < 1.29 is 37.3 Å². The minimum atomic E-state index is -4.29. The number of nitrogens with two attached hydrogens (primary N) is 1. The van der Waals surface area contributed by atoms with Gasteiger partial charge in [0.05, 0.1) is 12.2 Å². The van der Waals surface area contributed by atoms with Gasteiger partial charge in [0.2, 0.25) is 5.85 Å². The number of anilines is 1. The SMILES string of the molecule is CC[C@@](F)(COP(=O)(N[C@@H](C)C(=O)OC(C)C)N[C@@H](C)C(=O)OC(C)C)O[C@H](C)n1ccc(N)nc1=O. The Labute approximate surface area is 216 Å². The molecule has 0 bridgehead atoms.